The Hall–Kier alpha value is -1.43. The van der Waals surface area contributed by atoms with Crippen LogP contribution in [-0.2, 0) is 4.79 Å². The molecule has 252 valence electrons. The molecule has 0 rings (SSSR count). The van der Waals surface area contributed by atoms with Crippen molar-refractivity contribution in [2.45, 2.75) is 193 Å². The van der Waals surface area contributed by atoms with E-state index in [0.29, 0.717) is 6.42 Å². The molecule has 5 heteroatoms. The van der Waals surface area contributed by atoms with Gasteiger partial charge in [0.05, 0.1) is 31.3 Å². The van der Waals surface area contributed by atoms with Crippen LogP contribution in [0.3, 0.4) is 0 Å². The number of carbonyl (C=O) groups excluding carboxylic acids is 1. The first-order valence-corrected chi connectivity index (χ1v) is 18.3. The fourth-order valence-corrected chi connectivity index (χ4v) is 5.31. The predicted molar refractivity (Wildman–Crippen MR) is 185 cm³/mol. The molecule has 0 saturated carbocycles. The summed E-state index contributed by atoms with van der Waals surface area (Å²) < 4.78 is 0. The van der Waals surface area contributed by atoms with Crippen LogP contribution in [0.4, 0.5) is 0 Å². The number of hydrogen-bond donors (Lipinski definition) is 4. The maximum atomic E-state index is 12.3. The van der Waals surface area contributed by atoms with Gasteiger partial charge in [-0.3, -0.25) is 4.79 Å². The van der Waals surface area contributed by atoms with Crippen molar-refractivity contribution >= 4 is 5.91 Å². The molecular weight excluding hydrogens is 534 g/mol. The summed E-state index contributed by atoms with van der Waals surface area (Å²) in [7, 11) is 0. The molecule has 1 amide bonds. The van der Waals surface area contributed by atoms with Crippen LogP contribution in [0, 0.1) is 0 Å². The maximum Gasteiger partial charge on any atom is 0.222 e. The minimum atomic E-state index is -0.955. The van der Waals surface area contributed by atoms with Gasteiger partial charge in [-0.25, -0.2) is 0 Å². The normalized spacial score (nSPS) is 14.3. The molecule has 0 aliphatic heterocycles. The Morgan fingerprint density at radius 1 is 0.581 bits per heavy atom. The molecule has 43 heavy (non-hydrogen) atoms. The van der Waals surface area contributed by atoms with E-state index in [1.54, 1.807) is 6.08 Å². The van der Waals surface area contributed by atoms with Crippen LogP contribution in [0.1, 0.15) is 174 Å². The van der Waals surface area contributed by atoms with E-state index < -0.39 is 18.2 Å². The van der Waals surface area contributed by atoms with Gasteiger partial charge in [0.25, 0.3) is 0 Å². The van der Waals surface area contributed by atoms with E-state index in [2.05, 4.69) is 43.5 Å². The number of carbonyl (C=O) groups is 1. The van der Waals surface area contributed by atoms with Crippen molar-refractivity contribution in [3.8, 4) is 0 Å². The predicted octanol–water partition coefficient (Wildman–Crippen LogP) is 9.65. The average Bonchev–Trinajstić information content (AvgIpc) is 3.00. The van der Waals surface area contributed by atoms with Crippen molar-refractivity contribution in [2.24, 2.45) is 0 Å². The lowest BCUT2D eigenvalue weighted by molar-refractivity contribution is -0.124. The first-order valence-electron chi connectivity index (χ1n) is 18.3. The minimum Gasteiger partial charge on any atom is -0.394 e. The highest BCUT2D eigenvalue weighted by molar-refractivity contribution is 5.76. The number of allylic oxidation sites excluding steroid dienone is 5. The number of unbranched alkanes of at least 4 members (excludes halogenated alkanes) is 19. The van der Waals surface area contributed by atoms with E-state index in [1.165, 1.54) is 109 Å². The van der Waals surface area contributed by atoms with Crippen molar-refractivity contribution in [1.29, 1.82) is 0 Å². The summed E-state index contributed by atoms with van der Waals surface area (Å²) in [5, 5.41) is 33.0. The maximum absolute atomic E-state index is 12.3. The Bertz CT molecular complexity index is 675. The van der Waals surface area contributed by atoms with Crippen molar-refractivity contribution < 1.29 is 20.1 Å². The lowest BCUT2D eigenvalue weighted by Crippen LogP contribution is -2.45. The molecule has 0 aromatic heterocycles. The standard InChI is InChI=1S/C38H71NO4/c1-3-5-7-9-11-13-15-17-19-21-23-25-27-29-31-35(41)33-38(43)39-36(34-40)37(42)32-30-28-26-24-22-20-18-16-14-12-10-8-6-4-2/h14,16,22,24,30,32,35-37,40-42H,3-13,15,17-21,23,25-29,31,33-34H2,1-2H3,(H,39,43)/b16-14+,24-22+,32-30+. The molecule has 0 saturated heterocycles. The third-order valence-corrected chi connectivity index (χ3v) is 8.16. The molecule has 0 aliphatic rings. The number of nitrogens with one attached hydrogen (secondary N) is 1. The second kappa shape index (κ2) is 33.5. The molecule has 0 heterocycles. The summed E-state index contributed by atoms with van der Waals surface area (Å²) in [4.78, 5) is 12.3. The minimum absolute atomic E-state index is 0.00419. The van der Waals surface area contributed by atoms with Gasteiger partial charge in [-0.15, -0.1) is 0 Å². The van der Waals surface area contributed by atoms with E-state index >= 15 is 0 Å². The van der Waals surface area contributed by atoms with Gasteiger partial charge >= 0.3 is 0 Å². The molecule has 0 fully saturated rings. The number of hydrogen-bond acceptors (Lipinski definition) is 4. The smallest absolute Gasteiger partial charge is 0.222 e. The fourth-order valence-electron chi connectivity index (χ4n) is 5.31. The second-order valence-corrected chi connectivity index (χ2v) is 12.5. The summed E-state index contributed by atoms with van der Waals surface area (Å²) >= 11 is 0. The van der Waals surface area contributed by atoms with Gasteiger partial charge in [0, 0.05) is 0 Å². The topological polar surface area (TPSA) is 89.8 Å². The monoisotopic (exact) mass is 606 g/mol. The third-order valence-electron chi connectivity index (χ3n) is 8.16. The largest absolute Gasteiger partial charge is 0.394 e. The lowest BCUT2D eigenvalue weighted by atomic mass is 10.0. The quantitative estimate of drug-likeness (QED) is 0.0454. The summed E-state index contributed by atoms with van der Waals surface area (Å²) in [5.74, 6) is -0.331. The molecule has 3 atom stereocenters. The molecule has 0 radical (unpaired) electrons. The van der Waals surface area contributed by atoms with E-state index in [4.69, 9.17) is 0 Å². The Morgan fingerprint density at radius 3 is 1.49 bits per heavy atom. The SMILES string of the molecule is CCCCCC/C=C/CC/C=C/CC/C=C/C(O)C(CO)NC(=O)CC(O)CCCCCCCCCCCCCCCC. The Labute approximate surface area is 266 Å². The summed E-state index contributed by atoms with van der Waals surface area (Å²) in [5.41, 5.74) is 0. The van der Waals surface area contributed by atoms with Crippen LogP contribution in [0.15, 0.2) is 36.5 Å². The molecule has 3 unspecified atom stereocenters. The molecule has 0 aromatic rings. The van der Waals surface area contributed by atoms with Crippen LogP contribution >= 0.6 is 0 Å². The first-order chi connectivity index (χ1) is 21.0. The highest BCUT2D eigenvalue weighted by Crippen LogP contribution is 2.14. The number of amides is 1. The van der Waals surface area contributed by atoms with Crippen molar-refractivity contribution in [2.75, 3.05) is 6.61 Å². The van der Waals surface area contributed by atoms with Crippen molar-refractivity contribution in [3.63, 3.8) is 0 Å². The number of aliphatic hydroxyl groups excluding tert-OH is 3. The van der Waals surface area contributed by atoms with Crippen LogP contribution in [0.25, 0.3) is 0 Å². The molecular formula is C38H71NO4. The van der Waals surface area contributed by atoms with Gasteiger partial charge in [-0.2, -0.15) is 0 Å². The van der Waals surface area contributed by atoms with Gasteiger partial charge in [0.15, 0.2) is 0 Å². The average molecular weight is 606 g/mol. The van der Waals surface area contributed by atoms with Crippen LogP contribution in [-0.4, -0.2) is 46.1 Å². The molecule has 0 bridgehead atoms. The van der Waals surface area contributed by atoms with E-state index in [-0.39, 0.29) is 18.9 Å². The highest BCUT2D eigenvalue weighted by Gasteiger charge is 2.20. The fraction of sp³-hybridized carbons (Fsp3) is 0.816. The summed E-state index contributed by atoms with van der Waals surface area (Å²) in [6.45, 7) is 4.15. The van der Waals surface area contributed by atoms with Crippen molar-refractivity contribution in [1.82, 2.24) is 5.32 Å². The Morgan fingerprint density at radius 2 is 1.00 bits per heavy atom. The van der Waals surface area contributed by atoms with Crippen LogP contribution in [0.5, 0.6) is 0 Å². The molecule has 5 nitrogen and oxygen atoms in total. The van der Waals surface area contributed by atoms with Crippen LogP contribution < -0.4 is 5.32 Å². The zero-order valence-corrected chi connectivity index (χ0v) is 28.3. The van der Waals surface area contributed by atoms with Gasteiger partial charge < -0.3 is 20.6 Å². The van der Waals surface area contributed by atoms with Gasteiger partial charge in [-0.1, -0.05) is 159 Å². The van der Waals surface area contributed by atoms with Gasteiger partial charge in [0.1, 0.15) is 0 Å². The highest BCUT2D eigenvalue weighted by atomic mass is 16.3. The summed E-state index contributed by atoms with van der Waals surface area (Å²) in [6, 6.07) is -0.763. The van der Waals surface area contributed by atoms with Crippen LogP contribution in [0.2, 0.25) is 0 Å². The zero-order chi connectivity index (χ0) is 31.6. The Balaban J connectivity index is 3.81. The van der Waals surface area contributed by atoms with Gasteiger partial charge in [-0.05, 0) is 44.9 Å². The first kappa shape index (κ1) is 41.6. The number of rotatable bonds is 32. The molecule has 4 N–H and O–H groups in total. The Kier molecular flexibility index (Phi) is 32.3. The van der Waals surface area contributed by atoms with E-state index in [9.17, 15) is 20.1 Å². The zero-order valence-electron chi connectivity index (χ0n) is 28.3. The van der Waals surface area contributed by atoms with Crippen molar-refractivity contribution in [3.05, 3.63) is 36.5 Å². The third kappa shape index (κ3) is 30.4. The molecule has 0 aliphatic carbocycles. The van der Waals surface area contributed by atoms with E-state index in [1.807, 2.05) is 6.08 Å². The van der Waals surface area contributed by atoms with E-state index in [0.717, 1.165) is 38.5 Å². The second-order valence-electron chi connectivity index (χ2n) is 12.5. The summed E-state index contributed by atoms with van der Waals surface area (Å²) in [6.07, 6.45) is 39.8. The van der Waals surface area contributed by atoms with Gasteiger partial charge in [0.2, 0.25) is 5.91 Å². The molecule has 0 spiro atoms. The number of aliphatic hydroxyl groups is 3. The lowest BCUT2D eigenvalue weighted by Gasteiger charge is -2.21. The molecule has 0 aromatic carbocycles.